The number of likely N-dealkylation sites (N-methyl/N-ethyl adjacent to an activating group) is 1. The van der Waals surface area contributed by atoms with Gasteiger partial charge in [-0.2, -0.15) is 0 Å². The second kappa shape index (κ2) is 5.60. The summed E-state index contributed by atoms with van der Waals surface area (Å²) < 4.78 is 3.25. The first-order valence-electron chi connectivity index (χ1n) is 6.07. The Bertz CT molecular complexity index is 629. The number of carbonyl (C=O) groups excluding carboxylic acids is 1. The number of imidazole rings is 1. The highest BCUT2D eigenvalue weighted by Crippen LogP contribution is 2.05. The summed E-state index contributed by atoms with van der Waals surface area (Å²) in [6.07, 6.45) is 5.06. The van der Waals surface area contributed by atoms with Crippen LogP contribution in [-0.2, 0) is 24.9 Å². The van der Waals surface area contributed by atoms with Crippen LogP contribution in [0.15, 0.2) is 30.7 Å². The number of amides is 1. The van der Waals surface area contributed by atoms with E-state index in [2.05, 4.69) is 4.98 Å². The topological polar surface area (TPSA) is 80.4 Å². The normalized spacial score (nSPS) is 10.5. The van der Waals surface area contributed by atoms with Crippen molar-refractivity contribution in [3.8, 4) is 0 Å². The number of hydrogen-bond donors (Lipinski definition) is 1. The average Bonchev–Trinajstić information content (AvgIpc) is 2.99. The summed E-state index contributed by atoms with van der Waals surface area (Å²) in [7, 11) is 3.52. The summed E-state index contributed by atoms with van der Waals surface area (Å²) in [5.74, 6) is -0.451. The van der Waals surface area contributed by atoms with Crippen LogP contribution in [0.2, 0.25) is 0 Å². The second-order valence-corrected chi connectivity index (χ2v) is 4.53. The van der Waals surface area contributed by atoms with Gasteiger partial charge in [0.1, 0.15) is 18.1 Å². The molecular formula is C13H16N4O3. The first-order chi connectivity index (χ1) is 9.49. The smallest absolute Gasteiger partial charge is 0.352 e. The fourth-order valence-electron chi connectivity index (χ4n) is 1.86. The predicted octanol–water partition coefficient (Wildman–Crippen LogP) is 0.578. The molecule has 0 atom stereocenters. The van der Waals surface area contributed by atoms with Crippen molar-refractivity contribution in [3.63, 3.8) is 0 Å². The molecular weight excluding hydrogens is 260 g/mol. The summed E-state index contributed by atoms with van der Waals surface area (Å²) in [4.78, 5) is 28.7. The van der Waals surface area contributed by atoms with Gasteiger partial charge in [0.25, 0.3) is 0 Å². The Labute approximate surface area is 116 Å². The molecule has 106 valence electrons. The molecule has 0 unspecified atom stereocenters. The molecule has 7 nitrogen and oxygen atoms in total. The van der Waals surface area contributed by atoms with Crippen molar-refractivity contribution >= 4 is 11.9 Å². The zero-order valence-electron chi connectivity index (χ0n) is 11.4. The van der Waals surface area contributed by atoms with Crippen LogP contribution in [0.25, 0.3) is 0 Å². The Morgan fingerprint density at radius 3 is 2.75 bits per heavy atom. The first kappa shape index (κ1) is 13.9. The van der Waals surface area contributed by atoms with Crippen LogP contribution in [0.3, 0.4) is 0 Å². The van der Waals surface area contributed by atoms with Gasteiger partial charge in [-0.3, -0.25) is 4.79 Å². The predicted molar refractivity (Wildman–Crippen MR) is 71.1 cm³/mol. The molecule has 0 aliphatic carbocycles. The average molecular weight is 276 g/mol. The molecule has 0 saturated carbocycles. The number of rotatable bonds is 5. The van der Waals surface area contributed by atoms with Crippen molar-refractivity contribution in [2.24, 2.45) is 7.05 Å². The number of aryl methyl sites for hydroxylation is 1. The SMILES string of the molecule is CN(Cc1nccn1C)C(=O)Cn1cccc1C(=O)O. The minimum absolute atomic E-state index is 0.00441. The van der Waals surface area contributed by atoms with Gasteiger partial charge in [0.2, 0.25) is 5.91 Å². The van der Waals surface area contributed by atoms with Crippen LogP contribution >= 0.6 is 0 Å². The third kappa shape index (κ3) is 2.87. The maximum atomic E-state index is 12.1. The van der Waals surface area contributed by atoms with E-state index in [4.69, 9.17) is 5.11 Å². The van der Waals surface area contributed by atoms with Gasteiger partial charge in [-0.25, -0.2) is 9.78 Å². The van der Waals surface area contributed by atoms with E-state index < -0.39 is 5.97 Å². The number of nitrogens with zero attached hydrogens (tertiary/aromatic N) is 4. The van der Waals surface area contributed by atoms with Gasteiger partial charge in [-0.1, -0.05) is 0 Å². The summed E-state index contributed by atoms with van der Waals surface area (Å²) >= 11 is 0. The molecule has 2 heterocycles. The van der Waals surface area contributed by atoms with Gasteiger partial charge in [0, 0.05) is 32.7 Å². The Kier molecular flexibility index (Phi) is 3.88. The third-order valence-corrected chi connectivity index (χ3v) is 3.08. The van der Waals surface area contributed by atoms with E-state index in [0.29, 0.717) is 6.54 Å². The van der Waals surface area contributed by atoms with E-state index in [9.17, 15) is 9.59 Å². The lowest BCUT2D eigenvalue weighted by molar-refractivity contribution is -0.131. The molecule has 1 amide bonds. The molecule has 7 heteroatoms. The highest BCUT2D eigenvalue weighted by atomic mass is 16.4. The van der Waals surface area contributed by atoms with Gasteiger partial charge in [-0.05, 0) is 12.1 Å². The lowest BCUT2D eigenvalue weighted by Crippen LogP contribution is -2.31. The highest BCUT2D eigenvalue weighted by molar-refractivity contribution is 5.86. The minimum Gasteiger partial charge on any atom is -0.477 e. The number of carboxylic acids is 1. The number of aromatic nitrogens is 3. The van der Waals surface area contributed by atoms with E-state index in [1.54, 1.807) is 25.5 Å². The van der Waals surface area contributed by atoms with E-state index in [1.165, 1.54) is 15.5 Å². The minimum atomic E-state index is -1.05. The summed E-state index contributed by atoms with van der Waals surface area (Å²) in [5, 5.41) is 8.99. The fraction of sp³-hybridized carbons (Fsp3) is 0.308. The Balaban J connectivity index is 2.03. The van der Waals surface area contributed by atoms with Gasteiger partial charge in [-0.15, -0.1) is 0 Å². The van der Waals surface area contributed by atoms with Gasteiger partial charge in [0.15, 0.2) is 0 Å². The van der Waals surface area contributed by atoms with Crippen molar-refractivity contribution in [3.05, 3.63) is 42.2 Å². The molecule has 0 fully saturated rings. The van der Waals surface area contributed by atoms with Crippen molar-refractivity contribution in [2.75, 3.05) is 7.05 Å². The summed E-state index contributed by atoms with van der Waals surface area (Å²) in [5.41, 5.74) is 0.101. The standard InChI is InChI=1S/C13H16N4O3/c1-15-7-5-14-11(15)8-16(2)12(18)9-17-6-3-4-10(17)13(19)20/h3-7H,8-9H2,1-2H3,(H,19,20). The highest BCUT2D eigenvalue weighted by Gasteiger charge is 2.15. The van der Waals surface area contributed by atoms with Crippen LogP contribution in [0.5, 0.6) is 0 Å². The third-order valence-electron chi connectivity index (χ3n) is 3.08. The number of aromatic carboxylic acids is 1. The largest absolute Gasteiger partial charge is 0.477 e. The zero-order chi connectivity index (χ0) is 14.7. The molecule has 0 saturated heterocycles. The summed E-state index contributed by atoms with van der Waals surface area (Å²) in [6.45, 7) is 0.377. The quantitative estimate of drug-likeness (QED) is 0.866. The monoisotopic (exact) mass is 276 g/mol. The van der Waals surface area contributed by atoms with E-state index in [1.807, 2.05) is 17.8 Å². The fourth-order valence-corrected chi connectivity index (χ4v) is 1.86. The molecule has 2 aromatic rings. The van der Waals surface area contributed by atoms with Crippen LogP contribution < -0.4 is 0 Å². The molecule has 0 aliphatic rings. The van der Waals surface area contributed by atoms with Gasteiger partial charge in [0.05, 0.1) is 6.54 Å². The number of hydrogen-bond acceptors (Lipinski definition) is 3. The lowest BCUT2D eigenvalue weighted by Gasteiger charge is -2.17. The Morgan fingerprint density at radius 2 is 2.15 bits per heavy atom. The zero-order valence-corrected chi connectivity index (χ0v) is 11.4. The first-order valence-corrected chi connectivity index (χ1v) is 6.07. The maximum Gasteiger partial charge on any atom is 0.352 e. The molecule has 1 N–H and O–H groups in total. The van der Waals surface area contributed by atoms with Gasteiger partial charge >= 0.3 is 5.97 Å². The van der Waals surface area contributed by atoms with E-state index >= 15 is 0 Å². The van der Waals surface area contributed by atoms with Crippen LogP contribution in [0.1, 0.15) is 16.3 Å². The van der Waals surface area contributed by atoms with Crippen molar-refractivity contribution < 1.29 is 14.7 Å². The molecule has 0 radical (unpaired) electrons. The van der Waals surface area contributed by atoms with Crippen LogP contribution in [0, 0.1) is 0 Å². The molecule has 2 aromatic heterocycles. The van der Waals surface area contributed by atoms with Crippen molar-refractivity contribution in [2.45, 2.75) is 13.1 Å². The molecule has 0 bridgehead atoms. The molecule has 0 spiro atoms. The van der Waals surface area contributed by atoms with Crippen molar-refractivity contribution in [1.29, 1.82) is 0 Å². The van der Waals surface area contributed by atoms with Crippen LogP contribution in [0.4, 0.5) is 0 Å². The molecule has 2 rings (SSSR count). The van der Waals surface area contributed by atoms with E-state index in [0.717, 1.165) is 5.82 Å². The Hall–Kier alpha value is -2.57. The molecule has 20 heavy (non-hydrogen) atoms. The van der Waals surface area contributed by atoms with Crippen molar-refractivity contribution in [1.82, 2.24) is 19.0 Å². The van der Waals surface area contributed by atoms with Gasteiger partial charge < -0.3 is 19.1 Å². The Morgan fingerprint density at radius 1 is 1.40 bits per heavy atom. The van der Waals surface area contributed by atoms with E-state index in [-0.39, 0.29) is 18.1 Å². The summed E-state index contributed by atoms with van der Waals surface area (Å²) in [6, 6.07) is 3.07. The second-order valence-electron chi connectivity index (χ2n) is 4.53. The molecule has 0 aromatic carbocycles. The number of carbonyl (C=O) groups is 2. The van der Waals surface area contributed by atoms with Crippen LogP contribution in [-0.4, -0.2) is 43.0 Å². The maximum absolute atomic E-state index is 12.1. The lowest BCUT2D eigenvalue weighted by atomic mass is 10.4. The number of carboxylic acid groups (broad SMARTS) is 1. The molecule has 0 aliphatic heterocycles.